The zero-order valence-electron chi connectivity index (χ0n) is 11.9. The van der Waals surface area contributed by atoms with Gasteiger partial charge in [0.2, 0.25) is 0 Å². The Morgan fingerprint density at radius 2 is 1.12 bits per heavy atom. The molecule has 0 saturated heterocycles. The molecule has 0 unspecified atom stereocenters. The lowest BCUT2D eigenvalue weighted by Crippen LogP contribution is -2.51. The molecule has 0 saturated carbocycles. The predicted octanol–water partition coefficient (Wildman–Crippen LogP) is 4.02. The number of rotatable bonds is 11. The highest BCUT2D eigenvalue weighted by Crippen LogP contribution is 2.26. The molecule has 2 N–H and O–H groups in total. The van der Waals surface area contributed by atoms with Gasteiger partial charge in [0.05, 0.1) is 0 Å². The van der Waals surface area contributed by atoms with Crippen molar-refractivity contribution in [3.63, 3.8) is 0 Å². The lowest BCUT2D eigenvalue weighted by Gasteiger charge is -2.35. The zero-order chi connectivity index (χ0) is 12.3. The van der Waals surface area contributed by atoms with Crippen molar-refractivity contribution in [2.45, 2.75) is 84.1 Å². The van der Waals surface area contributed by atoms with Gasteiger partial charge < -0.3 is 0 Å². The Balaban J connectivity index is 4.32. The van der Waals surface area contributed by atoms with Crippen molar-refractivity contribution in [3.05, 3.63) is 0 Å². The van der Waals surface area contributed by atoms with Crippen LogP contribution in [0.4, 0.5) is 0 Å². The second-order valence-electron chi connectivity index (χ2n) is 4.97. The van der Waals surface area contributed by atoms with Crippen molar-refractivity contribution < 1.29 is 0 Å². The van der Waals surface area contributed by atoms with Crippen LogP contribution in [0.2, 0.25) is 0 Å². The fourth-order valence-corrected chi connectivity index (χ4v) is 2.37. The average Bonchev–Trinajstić information content (AvgIpc) is 2.31. The molecule has 2 heteroatoms. The maximum Gasteiger partial charge on any atom is 0.0323 e. The molecule has 0 bridgehead atoms. The molecule has 98 valence electrons. The molecular formula is C14H32N2. The van der Waals surface area contributed by atoms with Crippen molar-refractivity contribution in [2.24, 2.45) is 0 Å². The van der Waals surface area contributed by atoms with E-state index >= 15 is 0 Å². The molecule has 0 aliphatic carbocycles. The Labute approximate surface area is 103 Å². The van der Waals surface area contributed by atoms with E-state index in [1.165, 1.54) is 57.8 Å². The average molecular weight is 228 g/mol. The van der Waals surface area contributed by atoms with E-state index in [1.807, 2.05) is 7.05 Å². The summed E-state index contributed by atoms with van der Waals surface area (Å²) in [5, 5.41) is 0. The van der Waals surface area contributed by atoms with Crippen molar-refractivity contribution >= 4 is 0 Å². The molecular weight excluding hydrogens is 196 g/mol. The Bertz CT molecular complexity index is 124. The number of hydrazine groups is 1. The van der Waals surface area contributed by atoms with Gasteiger partial charge in [0, 0.05) is 5.54 Å². The van der Waals surface area contributed by atoms with Gasteiger partial charge in [-0.2, -0.15) is 0 Å². The first kappa shape index (κ1) is 15.9. The molecule has 0 aliphatic rings. The first-order chi connectivity index (χ1) is 7.74. The Morgan fingerprint density at radius 1 is 0.750 bits per heavy atom. The second kappa shape index (κ2) is 10.1. The summed E-state index contributed by atoms with van der Waals surface area (Å²) in [7, 11) is 2.00. The minimum absolute atomic E-state index is 0.344. The van der Waals surface area contributed by atoms with E-state index in [-0.39, 0.29) is 0 Å². The molecule has 0 amide bonds. The van der Waals surface area contributed by atoms with Crippen LogP contribution in [0.5, 0.6) is 0 Å². The number of unbranched alkanes of at least 4 members (excludes halogenated alkanes) is 3. The summed E-state index contributed by atoms with van der Waals surface area (Å²) >= 11 is 0. The molecule has 0 spiro atoms. The normalized spacial score (nSPS) is 12.0. The van der Waals surface area contributed by atoms with Crippen LogP contribution in [-0.2, 0) is 0 Å². The SMILES string of the molecule is CCCCC(CCCC)(CCCC)NNC. The van der Waals surface area contributed by atoms with E-state index in [1.54, 1.807) is 0 Å². The van der Waals surface area contributed by atoms with Crippen molar-refractivity contribution in [1.82, 2.24) is 10.9 Å². The molecule has 0 aromatic rings. The van der Waals surface area contributed by atoms with E-state index in [9.17, 15) is 0 Å². The highest BCUT2D eigenvalue weighted by molar-refractivity contribution is 4.86. The van der Waals surface area contributed by atoms with Crippen molar-refractivity contribution in [1.29, 1.82) is 0 Å². The van der Waals surface area contributed by atoms with Crippen LogP contribution in [0.15, 0.2) is 0 Å². The van der Waals surface area contributed by atoms with Gasteiger partial charge in [-0.05, 0) is 26.3 Å². The fraction of sp³-hybridized carbons (Fsp3) is 1.00. The minimum atomic E-state index is 0.344. The summed E-state index contributed by atoms with van der Waals surface area (Å²) in [5.41, 5.74) is 7.08. The quantitative estimate of drug-likeness (QED) is 0.522. The summed E-state index contributed by atoms with van der Waals surface area (Å²) in [6, 6.07) is 0. The highest BCUT2D eigenvalue weighted by atomic mass is 15.4. The van der Waals surface area contributed by atoms with Crippen LogP contribution in [0.25, 0.3) is 0 Å². The van der Waals surface area contributed by atoms with Gasteiger partial charge in [-0.3, -0.25) is 10.9 Å². The summed E-state index contributed by atoms with van der Waals surface area (Å²) in [5.74, 6) is 0. The zero-order valence-corrected chi connectivity index (χ0v) is 11.9. The fourth-order valence-electron chi connectivity index (χ4n) is 2.37. The van der Waals surface area contributed by atoms with Crippen LogP contribution in [0, 0.1) is 0 Å². The Morgan fingerprint density at radius 3 is 1.38 bits per heavy atom. The van der Waals surface area contributed by atoms with E-state index in [0.29, 0.717) is 5.54 Å². The third kappa shape index (κ3) is 6.49. The standard InChI is InChI=1S/C14H32N2/c1-5-8-11-14(16-15-4,12-9-6-2)13-10-7-3/h15-16H,5-13H2,1-4H3. The molecule has 0 radical (unpaired) electrons. The van der Waals surface area contributed by atoms with Gasteiger partial charge in [-0.15, -0.1) is 0 Å². The molecule has 0 aliphatic heterocycles. The highest BCUT2D eigenvalue weighted by Gasteiger charge is 2.27. The summed E-state index contributed by atoms with van der Waals surface area (Å²) < 4.78 is 0. The van der Waals surface area contributed by atoms with Crippen LogP contribution in [0.1, 0.15) is 78.6 Å². The molecule has 0 atom stereocenters. The molecule has 0 aromatic carbocycles. The largest absolute Gasteiger partial charge is 0.260 e. The van der Waals surface area contributed by atoms with Gasteiger partial charge in [-0.25, -0.2) is 0 Å². The van der Waals surface area contributed by atoms with Gasteiger partial charge >= 0.3 is 0 Å². The van der Waals surface area contributed by atoms with E-state index in [0.717, 1.165) is 0 Å². The topological polar surface area (TPSA) is 24.1 Å². The predicted molar refractivity (Wildman–Crippen MR) is 73.5 cm³/mol. The molecule has 16 heavy (non-hydrogen) atoms. The maximum atomic E-state index is 3.55. The van der Waals surface area contributed by atoms with E-state index < -0.39 is 0 Å². The molecule has 2 nitrogen and oxygen atoms in total. The van der Waals surface area contributed by atoms with Crippen LogP contribution < -0.4 is 10.9 Å². The first-order valence-corrected chi connectivity index (χ1v) is 7.18. The number of hydrogen-bond acceptors (Lipinski definition) is 2. The van der Waals surface area contributed by atoms with Crippen LogP contribution >= 0.6 is 0 Å². The van der Waals surface area contributed by atoms with Crippen molar-refractivity contribution in [3.8, 4) is 0 Å². The lowest BCUT2D eigenvalue weighted by molar-refractivity contribution is 0.219. The molecule has 0 heterocycles. The molecule has 0 aromatic heterocycles. The summed E-state index contributed by atoms with van der Waals surface area (Å²) in [4.78, 5) is 0. The van der Waals surface area contributed by atoms with Gasteiger partial charge in [0.25, 0.3) is 0 Å². The van der Waals surface area contributed by atoms with Crippen LogP contribution in [-0.4, -0.2) is 12.6 Å². The third-order valence-electron chi connectivity index (χ3n) is 3.42. The lowest BCUT2D eigenvalue weighted by atomic mass is 9.83. The van der Waals surface area contributed by atoms with Gasteiger partial charge in [0.15, 0.2) is 0 Å². The second-order valence-corrected chi connectivity index (χ2v) is 4.97. The first-order valence-electron chi connectivity index (χ1n) is 7.18. The minimum Gasteiger partial charge on any atom is -0.260 e. The summed E-state index contributed by atoms with van der Waals surface area (Å²) in [6.07, 6.45) is 11.8. The number of hydrogen-bond donors (Lipinski definition) is 2. The molecule has 0 rings (SSSR count). The van der Waals surface area contributed by atoms with Crippen LogP contribution in [0.3, 0.4) is 0 Å². The van der Waals surface area contributed by atoms with Gasteiger partial charge in [0.1, 0.15) is 0 Å². The summed E-state index contributed by atoms with van der Waals surface area (Å²) in [6.45, 7) is 6.84. The van der Waals surface area contributed by atoms with E-state index in [2.05, 4.69) is 31.6 Å². The Kier molecular flexibility index (Phi) is 10.0. The smallest absolute Gasteiger partial charge is 0.0323 e. The number of nitrogens with one attached hydrogen (secondary N) is 2. The monoisotopic (exact) mass is 228 g/mol. The van der Waals surface area contributed by atoms with Crippen molar-refractivity contribution in [2.75, 3.05) is 7.05 Å². The molecule has 0 fully saturated rings. The maximum absolute atomic E-state index is 3.55. The van der Waals surface area contributed by atoms with Gasteiger partial charge in [-0.1, -0.05) is 59.3 Å². The third-order valence-corrected chi connectivity index (χ3v) is 3.42. The van der Waals surface area contributed by atoms with E-state index in [4.69, 9.17) is 0 Å². The Hall–Kier alpha value is -0.0800.